The fourth-order valence-corrected chi connectivity index (χ4v) is 4.62. The molecule has 4 N–H and O–H groups in total. The molecule has 0 aromatic rings. The normalized spacial score (nSPS) is 22.1. The summed E-state index contributed by atoms with van der Waals surface area (Å²) in [6.07, 6.45) is -0.676. The smallest absolute Gasteiger partial charge is 0.324 e. The van der Waals surface area contributed by atoms with E-state index in [0.29, 0.717) is 39.3 Å². The van der Waals surface area contributed by atoms with Gasteiger partial charge >= 0.3 is 15.2 Å². The van der Waals surface area contributed by atoms with Gasteiger partial charge in [-0.3, -0.25) is 18.9 Å². The zero-order valence-electron chi connectivity index (χ0n) is 15.8. The van der Waals surface area contributed by atoms with Crippen LogP contribution in [0.25, 0.3) is 0 Å². The Labute approximate surface area is 156 Å². The van der Waals surface area contributed by atoms with Crippen LogP contribution >= 0.6 is 15.2 Å². The summed E-state index contributed by atoms with van der Waals surface area (Å²) in [6, 6.07) is 0. The summed E-state index contributed by atoms with van der Waals surface area (Å²) < 4.78 is 22.8. The predicted octanol–water partition coefficient (Wildman–Crippen LogP) is -0.482. The minimum Gasteiger partial charge on any atom is -0.324 e. The zero-order valence-corrected chi connectivity index (χ0v) is 17.6. The van der Waals surface area contributed by atoms with Crippen molar-refractivity contribution in [3.8, 4) is 0 Å². The van der Waals surface area contributed by atoms with E-state index in [4.69, 9.17) is 0 Å². The van der Waals surface area contributed by atoms with Crippen LogP contribution in [-0.4, -0.2) is 117 Å². The summed E-state index contributed by atoms with van der Waals surface area (Å²) in [7, 11) is -8.38. The summed E-state index contributed by atoms with van der Waals surface area (Å²) in [5.74, 6) is 0. The molecule has 0 saturated carbocycles. The van der Waals surface area contributed by atoms with Crippen molar-refractivity contribution in [2.45, 2.75) is 13.8 Å². The average molecular weight is 416 g/mol. The maximum absolute atomic E-state index is 11.4. The molecule has 1 aliphatic rings. The van der Waals surface area contributed by atoms with Crippen LogP contribution < -0.4 is 0 Å². The lowest BCUT2D eigenvalue weighted by Gasteiger charge is -2.33. The Balaban J connectivity index is 2.85. The molecule has 0 spiro atoms. The molecule has 0 bridgehead atoms. The Kier molecular flexibility index (Phi) is 10.4. The average Bonchev–Trinajstić information content (AvgIpc) is 2.50. The van der Waals surface area contributed by atoms with Crippen molar-refractivity contribution in [2.75, 3.05) is 78.0 Å². The second-order valence-electron chi connectivity index (χ2n) is 6.72. The number of likely N-dealkylation sites (N-methyl/N-ethyl adjacent to an activating group) is 2. The van der Waals surface area contributed by atoms with E-state index in [1.54, 1.807) is 9.80 Å². The highest BCUT2D eigenvalue weighted by Crippen LogP contribution is 2.36. The molecule has 0 aliphatic carbocycles. The lowest BCUT2D eigenvalue weighted by atomic mass is 10.3. The fraction of sp³-hybridized carbons (Fsp3) is 1.00. The van der Waals surface area contributed by atoms with Gasteiger partial charge in [-0.15, -0.1) is 0 Å². The molecule has 1 heterocycles. The number of rotatable bonds is 6. The van der Waals surface area contributed by atoms with Crippen LogP contribution in [0.15, 0.2) is 0 Å². The van der Waals surface area contributed by atoms with E-state index in [2.05, 4.69) is 23.6 Å². The first-order valence-electron chi connectivity index (χ1n) is 9.01. The second kappa shape index (κ2) is 11.2. The summed E-state index contributed by atoms with van der Waals surface area (Å²) >= 11 is 0. The second-order valence-corrected chi connectivity index (χ2v) is 9.94. The molecule has 0 radical (unpaired) electrons. The molecule has 10 nitrogen and oxygen atoms in total. The van der Waals surface area contributed by atoms with Crippen LogP contribution in [0.1, 0.15) is 13.8 Å². The summed E-state index contributed by atoms with van der Waals surface area (Å²) in [5, 5.41) is 0. The van der Waals surface area contributed by atoms with E-state index in [1.165, 1.54) is 0 Å². The fourth-order valence-electron chi connectivity index (χ4n) is 3.01. The van der Waals surface area contributed by atoms with Crippen molar-refractivity contribution in [3.63, 3.8) is 0 Å². The van der Waals surface area contributed by atoms with Crippen molar-refractivity contribution in [1.82, 2.24) is 19.6 Å². The van der Waals surface area contributed by atoms with Gasteiger partial charge in [-0.05, 0) is 13.1 Å². The Bertz CT molecular complexity index is 456. The maximum Gasteiger partial charge on any atom is 0.339 e. The quantitative estimate of drug-likeness (QED) is 0.422. The first kappa shape index (κ1) is 24.2. The molecule has 156 valence electrons. The molecular formula is C14H34N4O6P2. The van der Waals surface area contributed by atoms with Gasteiger partial charge in [-0.1, -0.05) is 13.8 Å². The van der Waals surface area contributed by atoms with Crippen molar-refractivity contribution < 1.29 is 28.7 Å². The maximum atomic E-state index is 11.4. The standard InChI is InChI=1S/C14H34N4O6P2/c1-3-15-5-6-16(4-2)8-10-18(14-26(22,23)24)12-11-17(9-7-15)13-25(19,20)21/h3-14H2,1-2H3,(H2,19,20,21)(H2,22,23,24). The third kappa shape index (κ3) is 11.1. The minimum absolute atomic E-state index is 0.338. The molecule has 1 rings (SSSR count). The van der Waals surface area contributed by atoms with Crippen molar-refractivity contribution in [3.05, 3.63) is 0 Å². The molecule has 0 unspecified atom stereocenters. The highest BCUT2D eigenvalue weighted by molar-refractivity contribution is 7.51. The van der Waals surface area contributed by atoms with Gasteiger partial charge in [0.15, 0.2) is 0 Å². The number of hydrogen-bond acceptors (Lipinski definition) is 6. The van der Waals surface area contributed by atoms with Crippen LogP contribution in [0.5, 0.6) is 0 Å². The molecule has 1 aliphatic heterocycles. The van der Waals surface area contributed by atoms with Crippen LogP contribution in [-0.2, 0) is 9.13 Å². The summed E-state index contributed by atoms with van der Waals surface area (Å²) in [5.41, 5.74) is 0. The van der Waals surface area contributed by atoms with Crippen LogP contribution in [0.2, 0.25) is 0 Å². The first-order valence-corrected chi connectivity index (χ1v) is 12.6. The van der Waals surface area contributed by atoms with Crippen molar-refractivity contribution in [2.24, 2.45) is 0 Å². The van der Waals surface area contributed by atoms with Gasteiger partial charge in [0.1, 0.15) is 12.6 Å². The third-order valence-corrected chi connectivity index (χ3v) is 6.13. The molecular weight excluding hydrogens is 382 g/mol. The Morgan fingerprint density at radius 1 is 0.577 bits per heavy atom. The van der Waals surface area contributed by atoms with Crippen molar-refractivity contribution >= 4 is 15.2 Å². The monoisotopic (exact) mass is 416 g/mol. The lowest BCUT2D eigenvalue weighted by Crippen LogP contribution is -2.46. The largest absolute Gasteiger partial charge is 0.339 e. The predicted molar refractivity (Wildman–Crippen MR) is 101 cm³/mol. The molecule has 0 aromatic heterocycles. The van der Waals surface area contributed by atoms with E-state index < -0.39 is 15.2 Å². The number of hydrogen-bond donors (Lipinski definition) is 4. The molecule has 1 saturated heterocycles. The molecule has 12 heteroatoms. The Morgan fingerprint density at radius 3 is 1.00 bits per heavy atom. The summed E-state index contributed by atoms with van der Waals surface area (Å²) in [6.45, 7) is 10.7. The highest BCUT2D eigenvalue weighted by atomic mass is 31.2. The Hall–Kier alpha value is 0.140. The van der Waals surface area contributed by atoms with E-state index in [9.17, 15) is 28.7 Å². The molecule has 0 aromatic carbocycles. The molecule has 0 atom stereocenters. The van der Waals surface area contributed by atoms with E-state index in [0.717, 1.165) is 26.2 Å². The van der Waals surface area contributed by atoms with Crippen LogP contribution in [0, 0.1) is 0 Å². The van der Waals surface area contributed by atoms with Crippen molar-refractivity contribution in [1.29, 1.82) is 0 Å². The summed E-state index contributed by atoms with van der Waals surface area (Å²) in [4.78, 5) is 45.1. The van der Waals surface area contributed by atoms with E-state index >= 15 is 0 Å². The zero-order chi connectivity index (χ0) is 19.8. The first-order chi connectivity index (χ1) is 12.0. The van der Waals surface area contributed by atoms with Gasteiger partial charge < -0.3 is 29.4 Å². The minimum atomic E-state index is -4.19. The number of nitrogens with zero attached hydrogens (tertiary/aromatic N) is 4. The Morgan fingerprint density at radius 2 is 0.808 bits per heavy atom. The van der Waals surface area contributed by atoms with Gasteiger partial charge in [0.25, 0.3) is 0 Å². The molecule has 1 fully saturated rings. The van der Waals surface area contributed by atoms with Crippen LogP contribution in [0.3, 0.4) is 0 Å². The third-order valence-electron chi connectivity index (χ3n) is 4.59. The van der Waals surface area contributed by atoms with Gasteiger partial charge in [-0.25, -0.2) is 0 Å². The van der Waals surface area contributed by atoms with Gasteiger partial charge in [0, 0.05) is 52.4 Å². The highest BCUT2D eigenvalue weighted by Gasteiger charge is 2.24. The topological polar surface area (TPSA) is 128 Å². The van der Waals surface area contributed by atoms with Gasteiger partial charge in [0.2, 0.25) is 0 Å². The van der Waals surface area contributed by atoms with Gasteiger partial charge in [0.05, 0.1) is 0 Å². The lowest BCUT2D eigenvalue weighted by molar-refractivity contribution is 0.146. The molecule has 26 heavy (non-hydrogen) atoms. The van der Waals surface area contributed by atoms with E-state index in [1.807, 2.05) is 0 Å². The molecule has 0 amide bonds. The van der Waals surface area contributed by atoms with Gasteiger partial charge in [-0.2, -0.15) is 0 Å². The SMILES string of the molecule is CCN1CCN(CC)CCN(CP(=O)(O)O)CCN(CP(=O)(O)O)CC1. The van der Waals surface area contributed by atoms with Crippen LogP contribution in [0.4, 0.5) is 0 Å². The van der Waals surface area contributed by atoms with E-state index in [-0.39, 0.29) is 12.6 Å².